The minimum Gasteiger partial charge on any atom is -0.388 e. The van der Waals surface area contributed by atoms with Crippen LogP contribution < -0.4 is 0 Å². The Bertz CT molecular complexity index is 465. The number of hydrogen-bond acceptors (Lipinski definition) is 2. The van der Waals surface area contributed by atoms with Crippen molar-refractivity contribution >= 4 is 27.3 Å². The van der Waals surface area contributed by atoms with Crippen LogP contribution in [0.25, 0.3) is 0 Å². The highest BCUT2D eigenvalue weighted by molar-refractivity contribution is 9.10. The molecule has 1 aromatic carbocycles. The quantitative estimate of drug-likeness (QED) is 0.904. The highest BCUT2D eigenvalue weighted by Crippen LogP contribution is 2.26. The predicted molar refractivity (Wildman–Crippen MR) is 71.9 cm³/mol. The van der Waals surface area contributed by atoms with Gasteiger partial charge in [0.25, 0.3) is 0 Å². The molecule has 0 fully saturated rings. The van der Waals surface area contributed by atoms with Crippen LogP contribution >= 0.6 is 27.3 Å². The normalized spacial score (nSPS) is 12.7. The molecule has 2 rings (SSSR count). The van der Waals surface area contributed by atoms with Crippen molar-refractivity contribution < 1.29 is 5.11 Å². The summed E-state index contributed by atoms with van der Waals surface area (Å²) in [5.74, 6) is 0. The largest absolute Gasteiger partial charge is 0.388 e. The first-order chi connectivity index (χ1) is 7.66. The van der Waals surface area contributed by atoms with Gasteiger partial charge in [0.15, 0.2) is 0 Å². The fourth-order valence-electron chi connectivity index (χ4n) is 1.70. The number of aryl methyl sites for hydroxylation is 1. The Morgan fingerprint density at radius 1 is 1.38 bits per heavy atom. The molecule has 0 aliphatic carbocycles. The van der Waals surface area contributed by atoms with E-state index >= 15 is 0 Å². The van der Waals surface area contributed by atoms with E-state index in [2.05, 4.69) is 22.0 Å². The first-order valence-corrected chi connectivity index (χ1v) is 6.80. The number of hydrogen-bond donors (Lipinski definition) is 1. The van der Waals surface area contributed by atoms with Gasteiger partial charge in [-0.25, -0.2) is 0 Å². The second-order valence-corrected chi connectivity index (χ2v) is 5.75. The zero-order chi connectivity index (χ0) is 11.5. The summed E-state index contributed by atoms with van der Waals surface area (Å²) < 4.78 is 1.01. The van der Waals surface area contributed by atoms with Crippen LogP contribution in [0.1, 0.15) is 22.1 Å². The van der Waals surface area contributed by atoms with E-state index in [1.807, 2.05) is 36.6 Å². The first-order valence-electron chi connectivity index (χ1n) is 5.13. The predicted octanol–water partition coefficient (Wildman–Crippen LogP) is 4.10. The Hall–Kier alpha value is -0.640. The first kappa shape index (κ1) is 11.8. The molecule has 0 spiro atoms. The van der Waals surface area contributed by atoms with Crippen molar-refractivity contribution in [1.29, 1.82) is 0 Å². The van der Waals surface area contributed by atoms with Crippen LogP contribution in [-0.2, 0) is 6.42 Å². The van der Waals surface area contributed by atoms with Crippen molar-refractivity contribution in [3.8, 4) is 0 Å². The summed E-state index contributed by atoms with van der Waals surface area (Å²) in [6.07, 6.45) is 0.269. The van der Waals surface area contributed by atoms with Crippen LogP contribution in [0.2, 0.25) is 0 Å². The highest BCUT2D eigenvalue weighted by Gasteiger charge is 2.12. The molecule has 3 heteroatoms. The lowest BCUT2D eigenvalue weighted by Gasteiger charge is -2.13. The molecule has 1 atom stereocenters. The lowest BCUT2D eigenvalue weighted by atomic mass is 10.0. The molecule has 0 bridgehead atoms. The molecule has 84 valence electrons. The zero-order valence-corrected chi connectivity index (χ0v) is 11.4. The molecule has 0 aliphatic rings. The Morgan fingerprint density at radius 2 is 2.19 bits per heavy atom. The maximum absolute atomic E-state index is 10.2. The van der Waals surface area contributed by atoms with Gasteiger partial charge in [-0.1, -0.05) is 28.1 Å². The third-order valence-corrected chi connectivity index (χ3v) is 3.97. The molecule has 1 unspecified atom stereocenters. The standard InChI is InChI=1S/C13H13BrOS/c1-9-4-5-10(14)7-12(9)13(15)8-11-3-2-6-16-11/h2-7,13,15H,8H2,1H3. The van der Waals surface area contributed by atoms with Gasteiger partial charge in [-0.3, -0.25) is 0 Å². The molecule has 2 aromatic rings. The van der Waals surface area contributed by atoms with Gasteiger partial charge >= 0.3 is 0 Å². The molecule has 1 aromatic heterocycles. The second-order valence-electron chi connectivity index (χ2n) is 3.80. The number of thiophene rings is 1. The summed E-state index contributed by atoms with van der Waals surface area (Å²) in [5.41, 5.74) is 2.13. The molecular weight excluding hydrogens is 284 g/mol. The van der Waals surface area contributed by atoms with Gasteiger partial charge in [0.1, 0.15) is 0 Å². The average molecular weight is 297 g/mol. The highest BCUT2D eigenvalue weighted by atomic mass is 79.9. The van der Waals surface area contributed by atoms with Crippen molar-refractivity contribution in [2.24, 2.45) is 0 Å². The summed E-state index contributed by atoms with van der Waals surface area (Å²) in [4.78, 5) is 1.21. The van der Waals surface area contributed by atoms with Crippen molar-refractivity contribution in [3.63, 3.8) is 0 Å². The van der Waals surface area contributed by atoms with Gasteiger partial charge in [-0.15, -0.1) is 11.3 Å². The molecule has 1 heterocycles. The van der Waals surface area contributed by atoms with Crippen LogP contribution in [0.5, 0.6) is 0 Å². The van der Waals surface area contributed by atoms with Gasteiger partial charge < -0.3 is 5.11 Å². The Morgan fingerprint density at radius 3 is 2.88 bits per heavy atom. The Balaban J connectivity index is 2.20. The smallest absolute Gasteiger partial charge is 0.0841 e. The molecule has 0 aliphatic heterocycles. The SMILES string of the molecule is Cc1ccc(Br)cc1C(O)Cc1cccs1. The fraction of sp³-hybridized carbons (Fsp3) is 0.231. The van der Waals surface area contributed by atoms with Crippen LogP contribution in [0.4, 0.5) is 0 Å². The number of aliphatic hydroxyl groups is 1. The Labute approximate surface area is 108 Å². The van der Waals surface area contributed by atoms with Gasteiger partial charge in [-0.05, 0) is 41.6 Å². The summed E-state index contributed by atoms with van der Waals surface area (Å²) in [5, 5.41) is 12.2. The minimum atomic E-state index is -0.420. The maximum atomic E-state index is 10.2. The lowest BCUT2D eigenvalue weighted by Crippen LogP contribution is -2.02. The average Bonchev–Trinajstić information content (AvgIpc) is 2.74. The van der Waals surface area contributed by atoms with Crippen molar-refractivity contribution in [2.45, 2.75) is 19.4 Å². The molecular formula is C13H13BrOS. The maximum Gasteiger partial charge on any atom is 0.0841 e. The van der Waals surface area contributed by atoms with E-state index in [0.29, 0.717) is 6.42 Å². The topological polar surface area (TPSA) is 20.2 Å². The van der Waals surface area contributed by atoms with E-state index in [4.69, 9.17) is 0 Å². The number of halogens is 1. The minimum absolute atomic E-state index is 0.420. The molecule has 0 saturated heterocycles. The Kier molecular flexibility index (Phi) is 3.79. The van der Waals surface area contributed by atoms with E-state index in [1.54, 1.807) is 11.3 Å². The zero-order valence-electron chi connectivity index (χ0n) is 8.98. The van der Waals surface area contributed by atoms with Gasteiger partial charge in [-0.2, -0.15) is 0 Å². The van der Waals surface area contributed by atoms with Crippen LogP contribution in [0, 0.1) is 6.92 Å². The molecule has 16 heavy (non-hydrogen) atoms. The molecule has 0 amide bonds. The second kappa shape index (κ2) is 5.13. The molecule has 0 radical (unpaired) electrons. The van der Waals surface area contributed by atoms with Gasteiger partial charge in [0, 0.05) is 15.8 Å². The van der Waals surface area contributed by atoms with E-state index < -0.39 is 6.10 Å². The van der Waals surface area contributed by atoms with Gasteiger partial charge in [0.05, 0.1) is 6.10 Å². The van der Waals surface area contributed by atoms with E-state index in [9.17, 15) is 5.11 Å². The van der Waals surface area contributed by atoms with E-state index in [-0.39, 0.29) is 0 Å². The van der Waals surface area contributed by atoms with Crippen molar-refractivity contribution in [3.05, 3.63) is 56.2 Å². The summed E-state index contributed by atoms with van der Waals surface area (Å²) in [6, 6.07) is 10.1. The monoisotopic (exact) mass is 296 g/mol. The summed E-state index contributed by atoms with van der Waals surface area (Å²) in [6.45, 7) is 2.03. The number of rotatable bonds is 3. The van der Waals surface area contributed by atoms with Crippen LogP contribution in [-0.4, -0.2) is 5.11 Å². The third kappa shape index (κ3) is 2.73. The molecule has 1 nitrogen and oxygen atoms in total. The van der Waals surface area contributed by atoms with Gasteiger partial charge in [0.2, 0.25) is 0 Å². The van der Waals surface area contributed by atoms with Crippen LogP contribution in [0.15, 0.2) is 40.2 Å². The lowest BCUT2D eigenvalue weighted by molar-refractivity contribution is 0.178. The van der Waals surface area contributed by atoms with Crippen LogP contribution in [0.3, 0.4) is 0 Å². The number of aliphatic hydroxyl groups excluding tert-OH is 1. The summed E-state index contributed by atoms with van der Waals surface area (Å²) >= 11 is 5.12. The fourth-order valence-corrected chi connectivity index (χ4v) is 2.82. The summed E-state index contributed by atoms with van der Waals surface area (Å²) in [7, 11) is 0. The van der Waals surface area contributed by atoms with E-state index in [0.717, 1.165) is 15.6 Å². The number of benzene rings is 1. The molecule has 1 N–H and O–H groups in total. The van der Waals surface area contributed by atoms with Crippen molar-refractivity contribution in [2.75, 3.05) is 0 Å². The third-order valence-electron chi connectivity index (χ3n) is 2.57. The van der Waals surface area contributed by atoms with Crippen molar-refractivity contribution in [1.82, 2.24) is 0 Å². The van der Waals surface area contributed by atoms with E-state index in [1.165, 1.54) is 4.88 Å². The molecule has 0 saturated carbocycles.